The Morgan fingerprint density at radius 2 is 1.39 bits per heavy atom. The van der Waals surface area contributed by atoms with Gasteiger partial charge in [0.25, 0.3) is 17.5 Å². The summed E-state index contributed by atoms with van der Waals surface area (Å²) in [6, 6.07) is 10.8. The maximum Gasteiger partial charge on any atom is 0.356 e. The van der Waals surface area contributed by atoms with Crippen LogP contribution in [-0.2, 0) is 0 Å². The number of amides is 2. The zero-order valence-electron chi connectivity index (χ0n) is 16.3. The largest absolute Gasteiger partial charge is 0.356 e. The van der Waals surface area contributed by atoms with Crippen molar-refractivity contribution in [3.8, 4) is 0 Å². The van der Waals surface area contributed by atoms with Crippen LogP contribution in [0.1, 0.15) is 20.7 Å². The first kappa shape index (κ1) is 22.8. The molecule has 1 heterocycles. The second-order valence-electron chi connectivity index (χ2n) is 6.12. The van der Waals surface area contributed by atoms with Crippen LogP contribution < -0.4 is 21.7 Å². The van der Waals surface area contributed by atoms with Gasteiger partial charge in [0.1, 0.15) is 6.33 Å². The number of anilines is 2. The van der Waals surface area contributed by atoms with Crippen LogP contribution in [0.5, 0.6) is 0 Å². The fourth-order valence-corrected chi connectivity index (χ4v) is 2.71. The van der Waals surface area contributed by atoms with E-state index in [-0.39, 0.29) is 33.5 Å². The predicted octanol–water partition coefficient (Wildman–Crippen LogP) is 2.46. The number of nitro benzene ring substituents is 1. The highest BCUT2D eigenvalue weighted by molar-refractivity contribution is 6.33. The number of nitro groups is 2. The zero-order chi connectivity index (χ0) is 24.0. The quantitative estimate of drug-likeness (QED) is 0.279. The Balaban J connectivity index is 1.72. The number of hydrogen-bond donors (Lipinski definition) is 4. The van der Waals surface area contributed by atoms with Gasteiger partial charge in [-0.2, -0.15) is 0 Å². The lowest BCUT2D eigenvalue weighted by atomic mass is 10.2. The van der Waals surface area contributed by atoms with Crippen molar-refractivity contribution in [1.82, 2.24) is 20.8 Å². The minimum atomic E-state index is -0.829. The Kier molecular flexibility index (Phi) is 6.90. The molecule has 0 fully saturated rings. The van der Waals surface area contributed by atoms with Gasteiger partial charge in [-0.15, -0.1) is 0 Å². The molecule has 168 valence electrons. The molecule has 3 aromatic rings. The van der Waals surface area contributed by atoms with Crippen LogP contribution in [0.2, 0.25) is 5.02 Å². The summed E-state index contributed by atoms with van der Waals surface area (Å²) in [5.74, 6) is -2.17. The van der Waals surface area contributed by atoms with Gasteiger partial charge in [-0.05, 0) is 24.3 Å². The summed E-state index contributed by atoms with van der Waals surface area (Å²) in [7, 11) is 0. The van der Waals surface area contributed by atoms with E-state index < -0.39 is 27.3 Å². The van der Waals surface area contributed by atoms with Gasteiger partial charge < -0.3 is 0 Å². The lowest BCUT2D eigenvalue weighted by Crippen LogP contribution is -2.32. The molecule has 15 heteroatoms. The maximum atomic E-state index is 12.3. The van der Waals surface area contributed by atoms with Gasteiger partial charge in [-0.1, -0.05) is 23.7 Å². The molecule has 33 heavy (non-hydrogen) atoms. The number of halogens is 1. The topological polar surface area (TPSA) is 194 Å². The van der Waals surface area contributed by atoms with Crippen molar-refractivity contribution in [1.29, 1.82) is 0 Å². The van der Waals surface area contributed by atoms with Gasteiger partial charge in [0.15, 0.2) is 0 Å². The molecular weight excluding hydrogens is 460 g/mol. The van der Waals surface area contributed by atoms with Crippen molar-refractivity contribution in [2.75, 3.05) is 10.9 Å². The summed E-state index contributed by atoms with van der Waals surface area (Å²) >= 11 is 5.95. The standard InChI is InChI=1S/C18H13ClN8O6/c19-13-4-2-1-3-12(13)18(29)25-23-16-14(27(32)33)15(20-9-21-16)22-24-17(28)10-5-7-11(8-6-10)26(30)31/h1-9H,(H,24,28)(H,25,29)(H2,20,21,22,23). The molecule has 0 aliphatic heterocycles. The number of carbonyl (C=O) groups excluding carboxylic acids is 2. The minimum Gasteiger partial charge on any atom is -0.276 e. The number of rotatable bonds is 8. The van der Waals surface area contributed by atoms with E-state index in [0.717, 1.165) is 18.5 Å². The number of non-ortho nitro benzene ring substituents is 1. The number of nitrogens with one attached hydrogen (secondary N) is 4. The molecular formula is C18H13ClN8O6. The average molecular weight is 473 g/mol. The number of hydrogen-bond acceptors (Lipinski definition) is 10. The molecule has 0 aliphatic carbocycles. The fourth-order valence-electron chi connectivity index (χ4n) is 2.49. The molecule has 0 saturated heterocycles. The summed E-state index contributed by atoms with van der Waals surface area (Å²) in [6.45, 7) is 0. The van der Waals surface area contributed by atoms with Crippen LogP contribution >= 0.6 is 11.6 Å². The molecule has 0 bridgehead atoms. The average Bonchev–Trinajstić information content (AvgIpc) is 2.81. The van der Waals surface area contributed by atoms with E-state index >= 15 is 0 Å². The monoisotopic (exact) mass is 472 g/mol. The van der Waals surface area contributed by atoms with Crippen LogP contribution in [-0.4, -0.2) is 31.6 Å². The smallest absolute Gasteiger partial charge is 0.276 e. The van der Waals surface area contributed by atoms with E-state index in [4.69, 9.17) is 11.6 Å². The molecule has 1 aromatic heterocycles. The van der Waals surface area contributed by atoms with E-state index in [0.29, 0.717) is 0 Å². The highest BCUT2D eigenvalue weighted by Gasteiger charge is 2.24. The van der Waals surface area contributed by atoms with Crippen molar-refractivity contribution in [2.45, 2.75) is 0 Å². The van der Waals surface area contributed by atoms with Gasteiger partial charge in [0, 0.05) is 17.7 Å². The molecule has 3 rings (SSSR count). The number of carbonyl (C=O) groups is 2. The molecule has 0 unspecified atom stereocenters. The molecule has 0 saturated carbocycles. The molecule has 0 spiro atoms. The summed E-state index contributed by atoms with van der Waals surface area (Å²) in [5, 5.41) is 22.4. The van der Waals surface area contributed by atoms with E-state index in [2.05, 4.69) is 31.7 Å². The third-order valence-electron chi connectivity index (χ3n) is 4.05. The van der Waals surface area contributed by atoms with Gasteiger partial charge >= 0.3 is 5.69 Å². The molecule has 4 N–H and O–H groups in total. The zero-order valence-corrected chi connectivity index (χ0v) is 17.1. The second kappa shape index (κ2) is 9.97. The lowest BCUT2D eigenvalue weighted by molar-refractivity contribution is -0.384. The van der Waals surface area contributed by atoms with E-state index in [1.54, 1.807) is 12.1 Å². The highest BCUT2D eigenvalue weighted by atomic mass is 35.5. The van der Waals surface area contributed by atoms with E-state index in [1.165, 1.54) is 24.3 Å². The van der Waals surface area contributed by atoms with Crippen molar-refractivity contribution < 1.29 is 19.4 Å². The van der Waals surface area contributed by atoms with Crippen LogP contribution in [0, 0.1) is 20.2 Å². The summed E-state index contributed by atoms with van der Waals surface area (Å²) in [5.41, 5.74) is 8.36. The Labute approximate surface area is 189 Å². The molecule has 14 nitrogen and oxygen atoms in total. The van der Waals surface area contributed by atoms with Crippen LogP contribution in [0.15, 0.2) is 54.9 Å². The summed E-state index contributed by atoms with van der Waals surface area (Å²) in [4.78, 5) is 52.7. The van der Waals surface area contributed by atoms with Gasteiger partial charge in [0.05, 0.1) is 20.4 Å². The van der Waals surface area contributed by atoms with Gasteiger partial charge in [0.2, 0.25) is 11.6 Å². The van der Waals surface area contributed by atoms with E-state index in [1.807, 2.05) is 0 Å². The van der Waals surface area contributed by atoms with Gasteiger partial charge in [-0.25, -0.2) is 9.97 Å². The first-order chi connectivity index (χ1) is 15.8. The SMILES string of the molecule is O=C(NNc1ncnc(NNC(=O)c2ccccc2Cl)c1[N+](=O)[O-])c1ccc([N+](=O)[O-])cc1. The molecule has 2 amide bonds. The Morgan fingerprint density at radius 1 is 0.818 bits per heavy atom. The number of hydrazine groups is 2. The maximum absolute atomic E-state index is 12.3. The minimum absolute atomic E-state index is 0.0511. The molecule has 0 radical (unpaired) electrons. The van der Waals surface area contributed by atoms with Crippen molar-refractivity contribution in [3.63, 3.8) is 0 Å². The van der Waals surface area contributed by atoms with Crippen LogP contribution in [0.4, 0.5) is 23.0 Å². The summed E-state index contributed by atoms with van der Waals surface area (Å²) in [6.07, 6.45) is 0.956. The number of aromatic nitrogens is 2. The fraction of sp³-hybridized carbons (Fsp3) is 0. The highest BCUT2D eigenvalue weighted by Crippen LogP contribution is 2.28. The second-order valence-corrected chi connectivity index (χ2v) is 6.53. The molecule has 2 aromatic carbocycles. The lowest BCUT2D eigenvalue weighted by Gasteiger charge is -2.12. The normalized spacial score (nSPS) is 10.1. The van der Waals surface area contributed by atoms with Crippen LogP contribution in [0.3, 0.4) is 0 Å². The van der Waals surface area contributed by atoms with Crippen molar-refractivity contribution >= 4 is 46.4 Å². The predicted molar refractivity (Wildman–Crippen MR) is 115 cm³/mol. The number of benzene rings is 2. The van der Waals surface area contributed by atoms with Crippen molar-refractivity contribution in [2.24, 2.45) is 0 Å². The third kappa shape index (κ3) is 5.45. The Hall–Kier alpha value is -4.85. The first-order valence-corrected chi connectivity index (χ1v) is 9.27. The van der Waals surface area contributed by atoms with Gasteiger partial charge in [-0.3, -0.25) is 51.5 Å². The molecule has 0 atom stereocenters. The third-order valence-corrected chi connectivity index (χ3v) is 4.38. The first-order valence-electron chi connectivity index (χ1n) is 8.89. The summed E-state index contributed by atoms with van der Waals surface area (Å²) < 4.78 is 0. The van der Waals surface area contributed by atoms with E-state index in [9.17, 15) is 29.8 Å². The molecule has 0 aliphatic rings. The Bertz CT molecular complexity index is 1240. The Morgan fingerprint density at radius 3 is 1.94 bits per heavy atom. The number of nitrogens with zero attached hydrogens (tertiary/aromatic N) is 4. The van der Waals surface area contributed by atoms with Crippen molar-refractivity contribution in [3.05, 3.63) is 91.2 Å². The van der Waals surface area contributed by atoms with Crippen LogP contribution in [0.25, 0.3) is 0 Å².